The van der Waals surface area contributed by atoms with Crippen LogP contribution in [0.5, 0.6) is 0 Å². The van der Waals surface area contributed by atoms with Gasteiger partial charge in [0.25, 0.3) is 0 Å². The van der Waals surface area contributed by atoms with Gasteiger partial charge in [-0.15, -0.1) is 11.6 Å². The smallest absolute Gasteiger partial charge is 0.141 e. The van der Waals surface area contributed by atoms with E-state index >= 15 is 0 Å². The lowest BCUT2D eigenvalue weighted by Crippen LogP contribution is -2.13. The van der Waals surface area contributed by atoms with Gasteiger partial charge < -0.3 is 4.90 Å². The fraction of sp³-hybridized carbons (Fsp3) is 0.154. The zero-order valence-electron chi connectivity index (χ0n) is 9.40. The topological polar surface area (TPSA) is 16.1 Å². The van der Waals surface area contributed by atoms with Gasteiger partial charge >= 0.3 is 0 Å². The monoisotopic (exact) mass is 250 g/mol. The van der Waals surface area contributed by atoms with E-state index in [2.05, 4.69) is 4.98 Å². The molecule has 0 aliphatic rings. The maximum Gasteiger partial charge on any atom is 0.141 e. The molecule has 0 N–H and O–H groups in total. The van der Waals surface area contributed by atoms with E-state index in [1.165, 1.54) is 12.3 Å². The SMILES string of the molecule is CN(c1ccccc1)c1ncc(F)cc1CCl. The van der Waals surface area contributed by atoms with E-state index in [1.54, 1.807) is 0 Å². The van der Waals surface area contributed by atoms with Crippen molar-refractivity contribution in [1.29, 1.82) is 0 Å². The number of halogens is 2. The molecule has 1 aromatic carbocycles. The number of benzene rings is 1. The van der Waals surface area contributed by atoms with Crippen molar-refractivity contribution >= 4 is 23.1 Å². The maximum absolute atomic E-state index is 13.1. The third-order valence-corrected chi connectivity index (χ3v) is 2.80. The van der Waals surface area contributed by atoms with Gasteiger partial charge in [0.2, 0.25) is 0 Å². The molecule has 0 unspecified atom stereocenters. The Morgan fingerprint density at radius 2 is 2.00 bits per heavy atom. The highest BCUT2D eigenvalue weighted by Gasteiger charge is 2.11. The van der Waals surface area contributed by atoms with Gasteiger partial charge in [0, 0.05) is 18.3 Å². The Labute approximate surface area is 105 Å². The summed E-state index contributed by atoms with van der Waals surface area (Å²) < 4.78 is 13.1. The van der Waals surface area contributed by atoms with Crippen LogP contribution in [-0.4, -0.2) is 12.0 Å². The normalized spacial score (nSPS) is 10.3. The molecule has 2 nitrogen and oxygen atoms in total. The first kappa shape index (κ1) is 11.9. The molecule has 4 heteroatoms. The van der Waals surface area contributed by atoms with Gasteiger partial charge in [0.1, 0.15) is 11.6 Å². The number of anilines is 2. The van der Waals surface area contributed by atoms with Crippen LogP contribution >= 0.6 is 11.6 Å². The zero-order chi connectivity index (χ0) is 12.3. The summed E-state index contributed by atoms with van der Waals surface area (Å²) in [6, 6.07) is 11.2. The second-order valence-corrected chi connectivity index (χ2v) is 3.93. The molecule has 0 spiro atoms. The Morgan fingerprint density at radius 1 is 1.29 bits per heavy atom. The van der Waals surface area contributed by atoms with Crippen molar-refractivity contribution in [3.63, 3.8) is 0 Å². The number of aromatic nitrogens is 1. The highest BCUT2D eigenvalue weighted by Crippen LogP contribution is 2.26. The van der Waals surface area contributed by atoms with Crippen molar-refractivity contribution in [2.45, 2.75) is 5.88 Å². The highest BCUT2D eigenvalue weighted by molar-refractivity contribution is 6.17. The summed E-state index contributed by atoms with van der Waals surface area (Å²) in [5.74, 6) is 0.538. The van der Waals surface area contributed by atoms with E-state index < -0.39 is 0 Å². The van der Waals surface area contributed by atoms with Crippen molar-refractivity contribution < 1.29 is 4.39 Å². The minimum Gasteiger partial charge on any atom is -0.329 e. The average Bonchev–Trinajstić information content (AvgIpc) is 2.39. The van der Waals surface area contributed by atoms with Crippen LogP contribution in [0, 0.1) is 5.82 Å². The summed E-state index contributed by atoms with van der Waals surface area (Å²) in [4.78, 5) is 5.98. The van der Waals surface area contributed by atoms with Crippen molar-refractivity contribution in [1.82, 2.24) is 4.98 Å². The predicted octanol–water partition coefficient (Wildman–Crippen LogP) is 3.73. The molecule has 0 amide bonds. The van der Waals surface area contributed by atoms with E-state index in [9.17, 15) is 4.39 Å². The van der Waals surface area contributed by atoms with Gasteiger partial charge in [-0.25, -0.2) is 9.37 Å². The Balaban J connectivity index is 2.40. The van der Waals surface area contributed by atoms with Gasteiger partial charge in [0.05, 0.1) is 12.1 Å². The van der Waals surface area contributed by atoms with Crippen molar-refractivity contribution in [3.05, 3.63) is 54.0 Å². The Morgan fingerprint density at radius 3 is 2.65 bits per heavy atom. The number of pyridine rings is 1. The lowest BCUT2D eigenvalue weighted by atomic mass is 10.2. The molecule has 0 atom stereocenters. The number of alkyl halides is 1. The van der Waals surface area contributed by atoms with Gasteiger partial charge in [0.15, 0.2) is 0 Å². The van der Waals surface area contributed by atoms with E-state index in [1.807, 2.05) is 42.3 Å². The number of nitrogens with zero attached hydrogens (tertiary/aromatic N) is 2. The summed E-state index contributed by atoms with van der Waals surface area (Å²) in [5.41, 5.74) is 1.66. The predicted molar refractivity (Wildman–Crippen MR) is 68.3 cm³/mol. The molecule has 2 rings (SSSR count). The van der Waals surface area contributed by atoms with E-state index in [0.717, 1.165) is 5.69 Å². The molecule has 0 saturated carbocycles. The van der Waals surface area contributed by atoms with Crippen LogP contribution in [0.2, 0.25) is 0 Å². The molecule has 1 aromatic heterocycles. The van der Waals surface area contributed by atoms with Crippen LogP contribution in [0.3, 0.4) is 0 Å². The van der Waals surface area contributed by atoms with E-state index in [4.69, 9.17) is 11.6 Å². The fourth-order valence-corrected chi connectivity index (χ4v) is 1.84. The molecule has 0 saturated heterocycles. The van der Waals surface area contributed by atoms with Gasteiger partial charge in [-0.1, -0.05) is 18.2 Å². The summed E-state index contributed by atoms with van der Waals surface area (Å²) >= 11 is 5.80. The van der Waals surface area contributed by atoms with Crippen molar-refractivity contribution in [2.75, 3.05) is 11.9 Å². The molecule has 0 radical (unpaired) electrons. The molecule has 0 aliphatic heterocycles. The van der Waals surface area contributed by atoms with Crippen LogP contribution < -0.4 is 4.90 Å². The van der Waals surface area contributed by atoms with Gasteiger partial charge in [-0.05, 0) is 18.2 Å². The van der Waals surface area contributed by atoms with Crippen LogP contribution in [-0.2, 0) is 5.88 Å². The molecule has 1 heterocycles. The molecule has 88 valence electrons. The lowest BCUT2D eigenvalue weighted by molar-refractivity contribution is 0.619. The summed E-state index contributed by atoms with van der Waals surface area (Å²) in [7, 11) is 1.88. The molecular weight excluding hydrogens is 239 g/mol. The largest absolute Gasteiger partial charge is 0.329 e. The third-order valence-electron chi connectivity index (χ3n) is 2.51. The first-order valence-corrected chi connectivity index (χ1v) is 5.75. The minimum atomic E-state index is -0.370. The van der Waals surface area contributed by atoms with Gasteiger partial charge in [-0.2, -0.15) is 0 Å². The number of hydrogen-bond acceptors (Lipinski definition) is 2. The fourth-order valence-electron chi connectivity index (χ4n) is 1.65. The molecular formula is C13H12ClFN2. The highest BCUT2D eigenvalue weighted by atomic mass is 35.5. The summed E-state index contributed by atoms with van der Waals surface area (Å²) in [6.45, 7) is 0. The third kappa shape index (κ3) is 2.56. The van der Waals surface area contributed by atoms with Crippen LogP contribution in [0.15, 0.2) is 42.6 Å². The van der Waals surface area contributed by atoms with E-state index in [-0.39, 0.29) is 11.7 Å². The molecule has 2 aromatic rings. The van der Waals surface area contributed by atoms with E-state index in [0.29, 0.717) is 11.4 Å². The zero-order valence-corrected chi connectivity index (χ0v) is 10.2. The van der Waals surface area contributed by atoms with Crippen LogP contribution in [0.4, 0.5) is 15.9 Å². The van der Waals surface area contributed by atoms with Crippen LogP contribution in [0.1, 0.15) is 5.56 Å². The number of hydrogen-bond donors (Lipinski definition) is 0. The molecule has 0 fully saturated rings. The molecule has 0 aliphatic carbocycles. The maximum atomic E-state index is 13.1. The lowest BCUT2D eigenvalue weighted by Gasteiger charge is -2.20. The quantitative estimate of drug-likeness (QED) is 0.772. The molecule has 0 bridgehead atoms. The first-order chi connectivity index (χ1) is 8.22. The number of para-hydroxylation sites is 1. The van der Waals surface area contributed by atoms with Crippen molar-refractivity contribution in [2.24, 2.45) is 0 Å². The summed E-state index contributed by atoms with van der Waals surface area (Å²) in [5, 5.41) is 0. The Bertz CT molecular complexity index is 502. The number of rotatable bonds is 3. The standard InChI is InChI=1S/C13H12ClFN2/c1-17(12-5-3-2-4-6-12)13-10(8-14)7-11(15)9-16-13/h2-7,9H,8H2,1H3. The second kappa shape index (κ2) is 5.15. The minimum absolute atomic E-state index is 0.233. The second-order valence-electron chi connectivity index (χ2n) is 3.66. The summed E-state index contributed by atoms with van der Waals surface area (Å²) in [6.07, 6.45) is 1.20. The average molecular weight is 251 g/mol. The van der Waals surface area contributed by atoms with Crippen molar-refractivity contribution in [3.8, 4) is 0 Å². The van der Waals surface area contributed by atoms with Crippen LogP contribution in [0.25, 0.3) is 0 Å². The van der Waals surface area contributed by atoms with Gasteiger partial charge in [-0.3, -0.25) is 0 Å². The Hall–Kier alpha value is -1.61. The first-order valence-electron chi connectivity index (χ1n) is 5.21. The Kier molecular flexibility index (Phi) is 3.59. The molecule has 17 heavy (non-hydrogen) atoms.